The highest BCUT2D eigenvalue weighted by Crippen LogP contribution is 2.29. The zero-order valence-electron chi connectivity index (χ0n) is 17.7. The van der Waals surface area contributed by atoms with Gasteiger partial charge in [-0.05, 0) is 50.1 Å². The lowest BCUT2D eigenvalue weighted by atomic mass is 10.00. The largest absolute Gasteiger partial charge is 0.465 e. The summed E-state index contributed by atoms with van der Waals surface area (Å²) in [6, 6.07) is 11.0. The highest BCUT2D eigenvalue weighted by molar-refractivity contribution is 5.95. The van der Waals surface area contributed by atoms with Crippen molar-refractivity contribution in [3.05, 3.63) is 75.5 Å². The van der Waals surface area contributed by atoms with Crippen LogP contribution in [0.25, 0.3) is 16.6 Å². The fourth-order valence-electron chi connectivity index (χ4n) is 4.05. The zero-order chi connectivity index (χ0) is 21.6. The minimum absolute atomic E-state index is 0.0618. The van der Waals surface area contributed by atoms with Crippen molar-refractivity contribution >= 4 is 28.2 Å². The van der Waals surface area contributed by atoms with Gasteiger partial charge in [0, 0.05) is 12.7 Å². The van der Waals surface area contributed by atoms with Crippen molar-refractivity contribution in [2.75, 3.05) is 12.4 Å². The van der Waals surface area contributed by atoms with Gasteiger partial charge in [-0.2, -0.15) is 0 Å². The van der Waals surface area contributed by atoms with Gasteiger partial charge in [0.25, 0.3) is 5.56 Å². The summed E-state index contributed by atoms with van der Waals surface area (Å²) in [6.45, 7) is 5.87. The lowest BCUT2D eigenvalue weighted by Crippen LogP contribution is -2.22. The van der Waals surface area contributed by atoms with Crippen LogP contribution in [-0.4, -0.2) is 27.0 Å². The van der Waals surface area contributed by atoms with Gasteiger partial charge >= 0.3 is 5.97 Å². The molecule has 1 N–H and O–H groups in total. The van der Waals surface area contributed by atoms with Crippen LogP contribution in [0, 0.1) is 13.8 Å². The molecule has 2 aromatic heterocycles. The summed E-state index contributed by atoms with van der Waals surface area (Å²) in [4.78, 5) is 29.7. The molecule has 0 saturated carbocycles. The molecule has 0 aliphatic heterocycles. The Balaban J connectivity index is 1.94. The lowest BCUT2D eigenvalue weighted by molar-refractivity contribution is 0.0602. The van der Waals surface area contributed by atoms with Gasteiger partial charge in [-0.15, -0.1) is 0 Å². The van der Waals surface area contributed by atoms with Crippen molar-refractivity contribution in [2.45, 2.75) is 26.8 Å². The molecule has 7 heteroatoms. The second-order valence-corrected chi connectivity index (χ2v) is 7.54. The number of hydrogen-bond acceptors (Lipinski definition) is 5. The first-order chi connectivity index (χ1) is 14.3. The molecular formula is C23H24N4O3. The number of para-hydroxylation sites is 1. The summed E-state index contributed by atoms with van der Waals surface area (Å²) in [5, 5.41) is 4.06. The van der Waals surface area contributed by atoms with E-state index >= 15 is 0 Å². The molecule has 7 nitrogen and oxygen atoms in total. The van der Waals surface area contributed by atoms with Gasteiger partial charge in [0.1, 0.15) is 12.0 Å². The Morgan fingerprint density at radius 3 is 2.67 bits per heavy atom. The number of nitrogens with zero attached hydrogens (tertiary/aromatic N) is 3. The Kier molecular flexibility index (Phi) is 4.81. The number of fused-ring (bicyclic) bond motifs is 3. The van der Waals surface area contributed by atoms with Crippen LogP contribution in [0.1, 0.15) is 40.1 Å². The number of aromatic nitrogens is 3. The molecule has 0 radical (unpaired) electrons. The second-order valence-electron chi connectivity index (χ2n) is 7.54. The van der Waals surface area contributed by atoms with Crippen LogP contribution in [0.3, 0.4) is 0 Å². The number of benzene rings is 2. The Morgan fingerprint density at radius 1 is 1.20 bits per heavy atom. The van der Waals surface area contributed by atoms with Crippen LogP contribution in [-0.2, 0) is 11.8 Å². The molecule has 4 aromatic rings. The van der Waals surface area contributed by atoms with Gasteiger partial charge in [-0.3, -0.25) is 13.8 Å². The number of anilines is 1. The maximum Gasteiger partial charge on any atom is 0.339 e. The summed E-state index contributed by atoms with van der Waals surface area (Å²) < 4.78 is 8.51. The van der Waals surface area contributed by atoms with E-state index in [2.05, 4.69) is 16.4 Å². The normalized spacial score (nSPS) is 12.3. The molecule has 0 saturated heterocycles. The number of esters is 1. The molecule has 1 atom stereocenters. The van der Waals surface area contributed by atoms with Crippen molar-refractivity contribution in [2.24, 2.45) is 7.05 Å². The summed E-state index contributed by atoms with van der Waals surface area (Å²) in [5.74, 6) is -0.402. The summed E-state index contributed by atoms with van der Waals surface area (Å²) in [5.41, 5.74) is 5.38. The Labute approximate surface area is 173 Å². The third-order valence-corrected chi connectivity index (χ3v) is 5.47. The van der Waals surface area contributed by atoms with Gasteiger partial charge in [0.15, 0.2) is 0 Å². The first kappa shape index (κ1) is 19.7. The standard InChI is InChI=1S/C23H24N4O3/c1-13-10-17(14(2)25-19-9-7-6-8-16(19)23(29)30-5)20-18(11-13)22(28)26(4)21-15(3)24-12-27(20)21/h6-12,14,25H,1-5H3. The number of carbonyl (C=O) groups is 1. The van der Waals surface area contributed by atoms with Crippen molar-refractivity contribution in [1.82, 2.24) is 14.0 Å². The molecule has 1 unspecified atom stereocenters. The van der Waals surface area contributed by atoms with Gasteiger partial charge in [-0.1, -0.05) is 18.2 Å². The van der Waals surface area contributed by atoms with E-state index in [1.165, 1.54) is 7.11 Å². The maximum atomic E-state index is 13.1. The van der Waals surface area contributed by atoms with Gasteiger partial charge in [0.05, 0.1) is 35.3 Å². The van der Waals surface area contributed by atoms with Crippen LogP contribution in [0.5, 0.6) is 0 Å². The predicted octanol–water partition coefficient (Wildman–Crippen LogP) is 3.76. The summed E-state index contributed by atoms with van der Waals surface area (Å²) in [6.07, 6.45) is 1.75. The predicted molar refractivity (Wildman–Crippen MR) is 117 cm³/mol. The topological polar surface area (TPSA) is 77.6 Å². The maximum absolute atomic E-state index is 13.1. The van der Waals surface area contributed by atoms with E-state index in [9.17, 15) is 9.59 Å². The number of ether oxygens (including phenoxy) is 1. The molecule has 30 heavy (non-hydrogen) atoms. The first-order valence-electron chi connectivity index (χ1n) is 9.74. The molecule has 0 bridgehead atoms. The molecule has 0 spiro atoms. The molecule has 0 aliphatic rings. The number of rotatable bonds is 4. The van der Waals surface area contributed by atoms with Crippen LogP contribution < -0.4 is 10.9 Å². The number of imidazole rings is 1. The number of hydrogen-bond donors (Lipinski definition) is 1. The van der Waals surface area contributed by atoms with E-state index in [0.29, 0.717) is 16.6 Å². The Bertz CT molecular complexity index is 1350. The molecule has 0 fully saturated rings. The van der Waals surface area contributed by atoms with Gasteiger partial charge in [-0.25, -0.2) is 9.78 Å². The van der Waals surface area contributed by atoms with E-state index < -0.39 is 5.97 Å². The van der Waals surface area contributed by atoms with E-state index in [1.54, 1.807) is 30.1 Å². The minimum Gasteiger partial charge on any atom is -0.465 e. The number of methoxy groups -OCH3 is 1. The molecule has 0 amide bonds. The quantitative estimate of drug-likeness (QED) is 0.524. The third kappa shape index (κ3) is 3.03. The summed E-state index contributed by atoms with van der Waals surface area (Å²) in [7, 11) is 3.13. The summed E-state index contributed by atoms with van der Waals surface area (Å²) >= 11 is 0. The van der Waals surface area contributed by atoms with Crippen LogP contribution in [0.4, 0.5) is 5.69 Å². The molecule has 4 rings (SSSR count). The second kappa shape index (κ2) is 7.33. The number of aryl methyl sites for hydroxylation is 3. The molecule has 2 aromatic carbocycles. The van der Waals surface area contributed by atoms with E-state index in [0.717, 1.165) is 28.0 Å². The van der Waals surface area contributed by atoms with Crippen molar-refractivity contribution in [1.29, 1.82) is 0 Å². The van der Waals surface area contributed by atoms with Crippen molar-refractivity contribution in [3.63, 3.8) is 0 Å². The molecule has 2 heterocycles. The van der Waals surface area contributed by atoms with Crippen molar-refractivity contribution < 1.29 is 9.53 Å². The molecule has 154 valence electrons. The highest BCUT2D eigenvalue weighted by atomic mass is 16.5. The van der Waals surface area contributed by atoms with Crippen LogP contribution in [0.2, 0.25) is 0 Å². The van der Waals surface area contributed by atoms with Crippen LogP contribution >= 0.6 is 0 Å². The van der Waals surface area contributed by atoms with E-state index in [4.69, 9.17) is 4.74 Å². The smallest absolute Gasteiger partial charge is 0.339 e. The zero-order valence-corrected chi connectivity index (χ0v) is 17.7. The molecule has 0 aliphatic carbocycles. The van der Waals surface area contributed by atoms with Crippen molar-refractivity contribution in [3.8, 4) is 0 Å². The Hall–Kier alpha value is -3.61. The lowest BCUT2D eigenvalue weighted by Gasteiger charge is -2.21. The third-order valence-electron chi connectivity index (χ3n) is 5.47. The monoisotopic (exact) mass is 404 g/mol. The van der Waals surface area contributed by atoms with Gasteiger partial charge in [0.2, 0.25) is 0 Å². The van der Waals surface area contributed by atoms with Gasteiger partial charge < -0.3 is 10.1 Å². The fourth-order valence-corrected chi connectivity index (χ4v) is 4.05. The number of nitrogens with one attached hydrogen (secondary N) is 1. The Morgan fingerprint density at radius 2 is 1.93 bits per heavy atom. The minimum atomic E-state index is -0.402. The molecular weight excluding hydrogens is 380 g/mol. The SMILES string of the molecule is COC(=O)c1ccccc1NC(C)c1cc(C)cc2c(=O)n(C)c3c(C)ncn3c12. The fraction of sp³-hybridized carbons (Fsp3) is 0.261. The van der Waals surface area contributed by atoms with E-state index in [1.807, 2.05) is 43.4 Å². The average molecular weight is 404 g/mol. The van der Waals surface area contributed by atoms with Crippen LogP contribution in [0.15, 0.2) is 47.5 Å². The van der Waals surface area contributed by atoms with E-state index in [-0.39, 0.29) is 11.6 Å². The highest BCUT2D eigenvalue weighted by Gasteiger charge is 2.20. The number of carbonyl (C=O) groups excluding carboxylic acids is 1. The average Bonchev–Trinajstić information content (AvgIpc) is 3.12. The first-order valence-corrected chi connectivity index (χ1v) is 9.74.